The number of nitrogens with one attached hydrogen (secondary N) is 3. The van der Waals surface area contributed by atoms with Crippen molar-refractivity contribution in [2.24, 2.45) is 5.10 Å². The molecule has 10 nitrogen and oxygen atoms in total. The van der Waals surface area contributed by atoms with E-state index in [1.54, 1.807) is 54.6 Å². The molecular formula is C33H25ClN4O6S. The van der Waals surface area contributed by atoms with E-state index in [1.807, 2.05) is 31.2 Å². The molecule has 0 bridgehead atoms. The first-order valence-corrected chi connectivity index (χ1v) is 14.8. The first-order chi connectivity index (χ1) is 21.8. The van der Waals surface area contributed by atoms with E-state index in [0.717, 1.165) is 10.1 Å². The van der Waals surface area contributed by atoms with E-state index in [2.05, 4.69) is 21.2 Å². The fourth-order valence-electron chi connectivity index (χ4n) is 4.14. The average Bonchev–Trinajstić information content (AvgIpc) is 3.39. The maximum atomic E-state index is 12.9. The van der Waals surface area contributed by atoms with E-state index < -0.39 is 23.7 Å². The molecule has 0 unspecified atom stereocenters. The zero-order valence-corrected chi connectivity index (χ0v) is 25.3. The second-order valence-electron chi connectivity index (χ2n) is 9.31. The Morgan fingerprint density at radius 3 is 2.38 bits per heavy atom. The molecule has 12 heteroatoms. The van der Waals surface area contributed by atoms with E-state index >= 15 is 0 Å². The number of nitrogens with zero attached hydrogens (tertiary/aromatic N) is 1. The molecule has 1 aromatic heterocycles. The van der Waals surface area contributed by atoms with Crippen LogP contribution < -0.4 is 25.5 Å². The van der Waals surface area contributed by atoms with Gasteiger partial charge in [-0.05, 0) is 67.1 Å². The van der Waals surface area contributed by atoms with Gasteiger partial charge in [-0.1, -0.05) is 54.1 Å². The minimum atomic E-state index is -1.06. The van der Waals surface area contributed by atoms with Gasteiger partial charge in [-0.25, -0.2) is 10.2 Å². The van der Waals surface area contributed by atoms with Gasteiger partial charge in [0.25, 0.3) is 5.91 Å². The molecule has 3 amide bonds. The zero-order valence-electron chi connectivity index (χ0n) is 23.7. The highest BCUT2D eigenvalue weighted by Gasteiger charge is 2.20. The Kier molecular flexibility index (Phi) is 9.83. The van der Waals surface area contributed by atoms with E-state index in [4.69, 9.17) is 21.1 Å². The largest absolute Gasteiger partial charge is 0.494 e. The number of hydrogen-bond donors (Lipinski definition) is 3. The summed E-state index contributed by atoms with van der Waals surface area (Å²) in [5.41, 5.74) is 3.45. The van der Waals surface area contributed by atoms with Crippen molar-refractivity contribution >= 4 is 74.3 Å². The van der Waals surface area contributed by atoms with Crippen molar-refractivity contribution in [3.8, 4) is 11.5 Å². The number of para-hydroxylation sites is 1. The number of rotatable bonds is 9. The number of hydrogen-bond acceptors (Lipinski definition) is 8. The van der Waals surface area contributed by atoms with Crippen molar-refractivity contribution < 1.29 is 28.7 Å². The minimum absolute atomic E-state index is 0.137. The average molecular weight is 641 g/mol. The second kappa shape index (κ2) is 14.3. The van der Waals surface area contributed by atoms with Gasteiger partial charge in [-0.15, -0.1) is 11.3 Å². The summed E-state index contributed by atoms with van der Waals surface area (Å²) in [5.74, 6) is -2.27. The number of fused-ring (bicyclic) bond motifs is 1. The van der Waals surface area contributed by atoms with Gasteiger partial charge >= 0.3 is 17.8 Å². The Hall–Kier alpha value is -5.52. The van der Waals surface area contributed by atoms with Crippen LogP contribution in [0.5, 0.6) is 11.5 Å². The second-order valence-corrected chi connectivity index (χ2v) is 10.7. The lowest BCUT2D eigenvalue weighted by atomic mass is 10.1. The summed E-state index contributed by atoms with van der Waals surface area (Å²) < 4.78 is 11.8. The summed E-state index contributed by atoms with van der Waals surface area (Å²) in [6.45, 7) is 2.39. The number of hydrazone groups is 1. The SMILES string of the molecule is CCOc1ccc(NC(=O)c2ccccc2NC(=O)C(=O)NN=Cc2cccc(OC(=O)c3sc4ccccc4c3Cl)c2)cc1. The highest BCUT2D eigenvalue weighted by molar-refractivity contribution is 7.21. The van der Waals surface area contributed by atoms with Gasteiger partial charge in [0.05, 0.1) is 29.1 Å². The van der Waals surface area contributed by atoms with Crippen molar-refractivity contribution in [3.05, 3.63) is 118 Å². The summed E-state index contributed by atoms with van der Waals surface area (Å²) in [5, 5.41) is 10.1. The van der Waals surface area contributed by atoms with Crippen molar-refractivity contribution in [2.75, 3.05) is 17.2 Å². The smallest absolute Gasteiger partial charge is 0.355 e. The third-order valence-electron chi connectivity index (χ3n) is 6.22. The molecule has 45 heavy (non-hydrogen) atoms. The number of carbonyl (C=O) groups is 4. The van der Waals surface area contributed by atoms with Gasteiger partial charge in [0.1, 0.15) is 16.4 Å². The highest BCUT2D eigenvalue weighted by Crippen LogP contribution is 2.35. The van der Waals surface area contributed by atoms with Gasteiger partial charge < -0.3 is 20.1 Å². The lowest BCUT2D eigenvalue weighted by molar-refractivity contribution is -0.136. The summed E-state index contributed by atoms with van der Waals surface area (Å²) in [6.07, 6.45) is 1.28. The normalized spacial score (nSPS) is 10.8. The van der Waals surface area contributed by atoms with Crippen LogP contribution in [0.3, 0.4) is 0 Å². The number of carbonyl (C=O) groups excluding carboxylic acids is 4. The Balaban J connectivity index is 1.17. The minimum Gasteiger partial charge on any atom is -0.494 e. The fourth-order valence-corrected chi connectivity index (χ4v) is 5.53. The lowest BCUT2D eigenvalue weighted by Crippen LogP contribution is -2.33. The number of anilines is 2. The Morgan fingerprint density at radius 2 is 1.60 bits per heavy atom. The van der Waals surface area contributed by atoms with Crippen molar-refractivity contribution in [2.45, 2.75) is 6.92 Å². The molecule has 5 rings (SSSR count). The van der Waals surface area contributed by atoms with E-state index in [9.17, 15) is 19.2 Å². The van der Waals surface area contributed by atoms with Crippen molar-refractivity contribution in [3.63, 3.8) is 0 Å². The van der Waals surface area contributed by atoms with Crippen LogP contribution in [0, 0.1) is 0 Å². The molecular weight excluding hydrogens is 616 g/mol. The molecule has 0 saturated heterocycles. The molecule has 0 spiro atoms. The molecule has 0 radical (unpaired) electrons. The number of amides is 3. The van der Waals surface area contributed by atoms with Crippen LogP contribution in [0.1, 0.15) is 32.5 Å². The molecule has 1 heterocycles. The van der Waals surface area contributed by atoms with E-state index in [-0.39, 0.29) is 21.9 Å². The summed E-state index contributed by atoms with van der Waals surface area (Å²) >= 11 is 7.62. The molecule has 5 aromatic rings. The highest BCUT2D eigenvalue weighted by atomic mass is 35.5. The van der Waals surface area contributed by atoms with Gasteiger partial charge in [0.15, 0.2) is 0 Å². The predicted octanol–water partition coefficient (Wildman–Crippen LogP) is 6.51. The molecule has 226 valence electrons. The standard InChI is InChI=1S/C33H25ClN4O6S/c1-2-43-22-16-14-21(15-17-22)36-30(39)24-10-3-5-12-26(24)37-31(40)32(41)38-35-19-20-8-7-9-23(18-20)44-33(42)29-28(34)25-11-4-6-13-27(25)45-29/h3-19H,2H2,1H3,(H,36,39)(H,37,40)(H,38,41). The number of thiophene rings is 1. The van der Waals surface area contributed by atoms with Crippen LogP contribution in [0.25, 0.3) is 10.1 Å². The van der Waals surface area contributed by atoms with Crippen LogP contribution in [0.15, 0.2) is 102 Å². The predicted molar refractivity (Wildman–Crippen MR) is 175 cm³/mol. The molecule has 4 aromatic carbocycles. The first kappa shape index (κ1) is 30.9. The maximum absolute atomic E-state index is 12.9. The van der Waals surface area contributed by atoms with E-state index in [1.165, 1.54) is 35.8 Å². The number of esters is 1. The summed E-state index contributed by atoms with van der Waals surface area (Å²) in [7, 11) is 0. The lowest BCUT2D eigenvalue weighted by Gasteiger charge is -2.11. The Labute approximate surface area is 266 Å². The van der Waals surface area contributed by atoms with Gasteiger partial charge in [0.2, 0.25) is 0 Å². The molecule has 0 aliphatic heterocycles. The van der Waals surface area contributed by atoms with Gasteiger partial charge in [-0.2, -0.15) is 5.10 Å². The number of halogens is 1. The van der Waals surface area contributed by atoms with Gasteiger partial charge in [0, 0.05) is 15.8 Å². The van der Waals surface area contributed by atoms with Gasteiger partial charge in [-0.3, -0.25) is 14.4 Å². The topological polar surface area (TPSA) is 135 Å². The van der Waals surface area contributed by atoms with Crippen LogP contribution >= 0.6 is 22.9 Å². The molecule has 0 aliphatic rings. The first-order valence-electron chi connectivity index (χ1n) is 13.6. The number of ether oxygens (including phenoxy) is 2. The van der Waals surface area contributed by atoms with E-state index in [0.29, 0.717) is 28.6 Å². The molecule has 0 saturated carbocycles. The molecule has 0 atom stereocenters. The summed E-state index contributed by atoms with van der Waals surface area (Å²) in [4.78, 5) is 51.0. The van der Waals surface area contributed by atoms with Crippen molar-refractivity contribution in [1.29, 1.82) is 0 Å². The van der Waals surface area contributed by atoms with Crippen LogP contribution in [0.4, 0.5) is 11.4 Å². The third-order valence-corrected chi connectivity index (χ3v) is 7.87. The number of benzene rings is 4. The maximum Gasteiger partial charge on any atom is 0.355 e. The summed E-state index contributed by atoms with van der Waals surface area (Å²) in [6, 6.07) is 26.9. The zero-order chi connectivity index (χ0) is 31.8. The van der Waals surface area contributed by atoms with Crippen molar-refractivity contribution in [1.82, 2.24) is 5.43 Å². The molecule has 0 aliphatic carbocycles. The fraction of sp³-hybridized carbons (Fsp3) is 0.0606. The van der Waals surface area contributed by atoms with Crippen LogP contribution in [-0.4, -0.2) is 36.5 Å². The van der Waals surface area contributed by atoms with Crippen LogP contribution in [0.2, 0.25) is 5.02 Å². The quantitative estimate of drug-likeness (QED) is 0.0552. The Bertz CT molecular complexity index is 1920. The third kappa shape index (κ3) is 7.71. The monoisotopic (exact) mass is 640 g/mol. The molecule has 0 fully saturated rings. The van der Waals surface area contributed by atoms with Crippen LogP contribution in [-0.2, 0) is 9.59 Å². The molecule has 3 N–H and O–H groups in total. The Morgan fingerprint density at radius 1 is 0.844 bits per heavy atom.